The van der Waals surface area contributed by atoms with Gasteiger partial charge in [-0.2, -0.15) is 13.2 Å². The summed E-state index contributed by atoms with van der Waals surface area (Å²) in [6, 6.07) is 1.37. The molecule has 19 heavy (non-hydrogen) atoms. The van der Waals surface area contributed by atoms with Crippen LogP contribution in [0.25, 0.3) is 0 Å². The smallest absolute Gasteiger partial charge is 0.406 e. The lowest BCUT2D eigenvalue weighted by Gasteiger charge is -2.23. The number of furan rings is 1. The average molecular weight is 278 g/mol. The third kappa shape index (κ3) is 4.94. The van der Waals surface area contributed by atoms with Crippen LogP contribution in [0.15, 0.2) is 16.7 Å². The summed E-state index contributed by atoms with van der Waals surface area (Å²) in [4.78, 5) is 12.8. The predicted octanol–water partition coefficient (Wildman–Crippen LogP) is 2.54. The lowest BCUT2D eigenvalue weighted by molar-refractivity contribution is -0.140. The van der Waals surface area contributed by atoms with Crippen LogP contribution in [0.3, 0.4) is 0 Å². The van der Waals surface area contributed by atoms with Crippen molar-refractivity contribution in [2.45, 2.75) is 32.5 Å². The Morgan fingerprint density at radius 2 is 2.16 bits per heavy atom. The molecule has 0 fully saturated rings. The molecule has 1 rings (SSSR count). The van der Waals surface area contributed by atoms with E-state index in [-0.39, 0.29) is 18.7 Å². The number of halogens is 3. The molecule has 0 atom stereocenters. The molecule has 0 saturated carbocycles. The zero-order valence-corrected chi connectivity index (χ0v) is 10.7. The second kappa shape index (κ2) is 6.60. The van der Waals surface area contributed by atoms with Crippen LogP contribution in [-0.2, 0) is 6.54 Å². The van der Waals surface area contributed by atoms with Gasteiger partial charge in [0.05, 0.1) is 12.1 Å². The fourth-order valence-electron chi connectivity index (χ4n) is 1.60. The monoisotopic (exact) mass is 278 g/mol. The van der Waals surface area contributed by atoms with Gasteiger partial charge >= 0.3 is 6.18 Å². The molecule has 0 radical (unpaired) electrons. The van der Waals surface area contributed by atoms with Crippen LogP contribution < -0.4 is 5.73 Å². The molecular weight excluding hydrogens is 261 g/mol. The minimum Gasteiger partial charge on any atom is -0.467 e. The number of unbranched alkanes of at least 4 members (excludes halogenated alkanes) is 1. The molecule has 0 aliphatic rings. The van der Waals surface area contributed by atoms with Crippen LogP contribution in [0.2, 0.25) is 0 Å². The number of nitrogens with zero attached hydrogens (tertiary/aromatic N) is 1. The first kappa shape index (κ1) is 15.6. The number of hydrogen-bond acceptors (Lipinski definition) is 3. The van der Waals surface area contributed by atoms with Crippen molar-refractivity contribution in [3.05, 3.63) is 23.7 Å². The summed E-state index contributed by atoms with van der Waals surface area (Å²) in [5.74, 6) is -0.319. The molecule has 0 aliphatic heterocycles. The molecule has 1 heterocycles. The predicted molar refractivity (Wildman–Crippen MR) is 63.5 cm³/mol. The Hall–Kier alpha value is -1.50. The van der Waals surface area contributed by atoms with Crippen LogP contribution in [-0.4, -0.2) is 30.1 Å². The van der Waals surface area contributed by atoms with E-state index in [0.717, 1.165) is 11.2 Å². The maximum absolute atomic E-state index is 12.4. The van der Waals surface area contributed by atoms with E-state index in [2.05, 4.69) is 0 Å². The topological polar surface area (TPSA) is 59.5 Å². The molecule has 1 amide bonds. The fourth-order valence-corrected chi connectivity index (χ4v) is 1.60. The number of carbonyl (C=O) groups excluding carboxylic acids is 1. The van der Waals surface area contributed by atoms with Gasteiger partial charge in [-0.1, -0.05) is 13.3 Å². The van der Waals surface area contributed by atoms with Crippen LogP contribution in [0, 0.1) is 0 Å². The number of carbonyl (C=O) groups is 1. The highest BCUT2D eigenvalue weighted by atomic mass is 19.4. The zero-order chi connectivity index (χ0) is 14.5. The van der Waals surface area contributed by atoms with Gasteiger partial charge in [-0.05, 0) is 12.5 Å². The number of alkyl halides is 3. The highest BCUT2D eigenvalue weighted by Gasteiger charge is 2.33. The molecule has 1 aromatic heterocycles. The lowest BCUT2D eigenvalue weighted by Crippen LogP contribution is -2.39. The first-order chi connectivity index (χ1) is 8.87. The summed E-state index contributed by atoms with van der Waals surface area (Å²) >= 11 is 0. The summed E-state index contributed by atoms with van der Waals surface area (Å²) in [5, 5.41) is 0. The summed E-state index contributed by atoms with van der Waals surface area (Å²) in [7, 11) is 0. The van der Waals surface area contributed by atoms with Gasteiger partial charge in [0.1, 0.15) is 18.6 Å². The van der Waals surface area contributed by atoms with Crippen molar-refractivity contribution >= 4 is 5.91 Å². The van der Waals surface area contributed by atoms with Gasteiger partial charge in [-0.3, -0.25) is 4.79 Å². The van der Waals surface area contributed by atoms with E-state index in [9.17, 15) is 18.0 Å². The molecule has 4 nitrogen and oxygen atoms in total. The molecule has 0 bridgehead atoms. The van der Waals surface area contributed by atoms with Crippen molar-refractivity contribution in [2.75, 3.05) is 13.1 Å². The van der Waals surface area contributed by atoms with E-state index in [0.29, 0.717) is 18.6 Å². The van der Waals surface area contributed by atoms with Gasteiger partial charge < -0.3 is 15.1 Å². The minimum atomic E-state index is -4.41. The first-order valence-corrected chi connectivity index (χ1v) is 6.01. The lowest BCUT2D eigenvalue weighted by atomic mass is 10.2. The normalized spacial score (nSPS) is 11.6. The van der Waals surface area contributed by atoms with Gasteiger partial charge in [0, 0.05) is 6.54 Å². The van der Waals surface area contributed by atoms with E-state index in [4.69, 9.17) is 10.2 Å². The number of nitrogens with two attached hydrogens (primary N) is 1. The maximum Gasteiger partial charge on any atom is 0.406 e. The quantitative estimate of drug-likeness (QED) is 0.870. The minimum absolute atomic E-state index is 0.0674. The molecule has 0 spiro atoms. The molecule has 0 saturated heterocycles. The standard InChI is InChI=1S/C12H17F3N2O2/c1-2-3-4-17(8-12(13,14)15)11(18)9-5-10(6-16)19-7-9/h5,7H,2-4,6,8,16H2,1H3. The largest absolute Gasteiger partial charge is 0.467 e. The molecule has 0 unspecified atom stereocenters. The van der Waals surface area contributed by atoms with Crippen molar-refractivity contribution in [1.82, 2.24) is 4.90 Å². The van der Waals surface area contributed by atoms with E-state index in [1.54, 1.807) is 0 Å². The van der Waals surface area contributed by atoms with Crippen molar-refractivity contribution in [3.8, 4) is 0 Å². The molecule has 2 N–H and O–H groups in total. The van der Waals surface area contributed by atoms with E-state index in [1.807, 2.05) is 6.92 Å². The van der Waals surface area contributed by atoms with E-state index < -0.39 is 18.6 Å². The molecule has 108 valence electrons. The van der Waals surface area contributed by atoms with Gasteiger partial charge in [-0.25, -0.2) is 0 Å². The SMILES string of the molecule is CCCCN(CC(F)(F)F)C(=O)c1coc(CN)c1. The van der Waals surface area contributed by atoms with E-state index in [1.165, 1.54) is 6.07 Å². The Bertz CT molecular complexity index is 415. The summed E-state index contributed by atoms with van der Waals surface area (Å²) < 4.78 is 42.3. The van der Waals surface area contributed by atoms with Gasteiger partial charge in [0.15, 0.2) is 0 Å². The van der Waals surface area contributed by atoms with Crippen molar-refractivity contribution < 1.29 is 22.4 Å². The Morgan fingerprint density at radius 1 is 1.47 bits per heavy atom. The van der Waals surface area contributed by atoms with Crippen molar-refractivity contribution in [2.24, 2.45) is 5.73 Å². The Kier molecular flexibility index (Phi) is 5.41. The van der Waals surface area contributed by atoms with Crippen molar-refractivity contribution in [1.29, 1.82) is 0 Å². The third-order valence-electron chi connectivity index (χ3n) is 2.54. The number of rotatable bonds is 6. The Balaban J connectivity index is 2.80. The molecule has 1 aromatic rings. The fraction of sp³-hybridized carbons (Fsp3) is 0.583. The molecule has 0 aromatic carbocycles. The molecular formula is C12H17F3N2O2. The van der Waals surface area contributed by atoms with Crippen LogP contribution in [0.4, 0.5) is 13.2 Å². The second-order valence-electron chi connectivity index (χ2n) is 4.20. The van der Waals surface area contributed by atoms with Gasteiger partial charge in [0.25, 0.3) is 5.91 Å². The molecule has 0 aliphatic carbocycles. The maximum atomic E-state index is 12.4. The number of amides is 1. The number of hydrogen-bond donors (Lipinski definition) is 1. The highest BCUT2D eigenvalue weighted by molar-refractivity contribution is 5.94. The highest BCUT2D eigenvalue weighted by Crippen LogP contribution is 2.19. The second-order valence-corrected chi connectivity index (χ2v) is 4.20. The average Bonchev–Trinajstić information content (AvgIpc) is 2.80. The molecule has 7 heteroatoms. The summed E-state index contributed by atoms with van der Waals surface area (Å²) in [5.41, 5.74) is 5.42. The summed E-state index contributed by atoms with van der Waals surface area (Å²) in [6.07, 6.45) is -2.05. The van der Waals surface area contributed by atoms with Crippen molar-refractivity contribution in [3.63, 3.8) is 0 Å². The van der Waals surface area contributed by atoms with Gasteiger partial charge in [-0.15, -0.1) is 0 Å². The van der Waals surface area contributed by atoms with Crippen LogP contribution in [0.1, 0.15) is 35.9 Å². The third-order valence-corrected chi connectivity index (χ3v) is 2.54. The van der Waals surface area contributed by atoms with E-state index >= 15 is 0 Å². The first-order valence-electron chi connectivity index (χ1n) is 6.01. The Labute approximate surface area is 109 Å². The van der Waals surface area contributed by atoms with Gasteiger partial charge in [0.2, 0.25) is 0 Å². The Morgan fingerprint density at radius 3 is 2.63 bits per heavy atom. The van der Waals surface area contributed by atoms with Crippen LogP contribution in [0.5, 0.6) is 0 Å². The van der Waals surface area contributed by atoms with Crippen LogP contribution >= 0.6 is 0 Å². The zero-order valence-electron chi connectivity index (χ0n) is 10.7. The summed E-state index contributed by atoms with van der Waals surface area (Å²) in [6.45, 7) is 0.759.